The van der Waals surface area contributed by atoms with Crippen molar-refractivity contribution in [2.75, 3.05) is 26.9 Å². The highest BCUT2D eigenvalue weighted by atomic mass is 16.6. The summed E-state index contributed by atoms with van der Waals surface area (Å²) in [6.45, 7) is 25.5. The Morgan fingerprint density at radius 1 is 1.02 bits per heavy atom. The fourth-order valence-corrected chi connectivity index (χ4v) is 12.5. The molecule has 6 rings (SSSR count). The molecule has 4 aliphatic carbocycles. The van der Waals surface area contributed by atoms with Gasteiger partial charge < -0.3 is 23.8 Å². The van der Waals surface area contributed by atoms with E-state index in [0.29, 0.717) is 31.5 Å². The molecular formula is C47H69NO7. The first-order valence-corrected chi connectivity index (χ1v) is 21.0. The third-order valence-corrected chi connectivity index (χ3v) is 17.0. The van der Waals surface area contributed by atoms with Gasteiger partial charge in [-0.3, -0.25) is 4.79 Å². The molecule has 11 atom stereocenters. The largest absolute Gasteiger partial charge is 0.460 e. The van der Waals surface area contributed by atoms with Crippen LogP contribution < -0.4 is 0 Å². The fourth-order valence-electron chi connectivity index (χ4n) is 12.5. The van der Waals surface area contributed by atoms with E-state index in [1.54, 1.807) is 11.9 Å². The molecule has 2 bridgehead atoms. The van der Waals surface area contributed by atoms with Crippen LogP contribution in [-0.2, 0) is 35.1 Å². The van der Waals surface area contributed by atoms with E-state index in [1.165, 1.54) is 12.5 Å². The van der Waals surface area contributed by atoms with E-state index < -0.39 is 29.3 Å². The Labute approximate surface area is 331 Å². The molecule has 55 heavy (non-hydrogen) atoms. The van der Waals surface area contributed by atoms with E-state index >= 15 is 0 Å². The number of nitrogens with zero attached hydrogens (tertiary/aromatic N) is 1. The molecule has 0 radical (unpaired) electrons. The van der Waals surface area contributed by atoms with Crippen LogP contribution >= 0.6 is 0 Å². The molecule has 3 saturated carbocycles. The smallest absolute Gasteiger partial charge is 0.410 e. The number of rotatable bonds is 10. The van der Waals surface area contributed by atoms with Crippen molar-refractivity contribution in [2.24, 2.45) is 56.7 Å². The molecule has 1 aromatic carbocycles. The summed E-state index contributed by atoms with van der Waals surface area (Å²) >= 11 is 0. The van der Waals surface area contributed by atoms with Gasteiger partial charge in [-0.2, -0.15) is 0 Å². The molecule has 0 unspecified atom stereocenters. The molecule has 0 aromatic heterocycles. The predicted molar refractivity (Wildman–Crippen MR) is 215 cm³/mol. The van der Waals surface area contributed by atoms with Crippen molar-refractivity contribution in [3.63, 3.8) is 0 Å². The third kappa shape index (κ3) is 6.45. The van der Waals surface area contributed by atoms with Gasteiger partial charge in [0.15, 0.2) is 0 Å². The fraction of sp³-hybridized carbons (Fsp3) is 0.745. The van der Waals surface area contributed by atoms with Crippen molar-refractivity contribution in [3.8, 4) is 0 Å². The molecule has 5 aliphatic rings. The first-order valence-electron chi connectivity index (χ1n) is 21.0. The number of hydrogen-bond donors (Lipinski definition) is 0. The van der Waals surface area contributed by atoms with Crippen LogP contribution in [0.25, 0.3) is 0 Å². The molecule has 1 heterocycles. The van der Waals surface area contributed by atoms with Gasteiger partial charge in [0.2, 0.25) is 0 Å². The first kappa shape index (κ1) is 41.7. The van der Waals surface area contributed by atoms with Crippen LogP contribution in [0.2, 0.25) is 0 Å². The van der Waals surface area contributed by atoms with Crippen LogP contribution in [0.5, 0.6) is 0 Å². The highest BCUT2D eigenvalue weighted by molar-refractivity contribution is 5.68. The number of benzene rings is 1. The van der Waals surface area contributed by atoms with Crippen LogP contribution in [0.4, 0.5) is 4.79 Å². The monoisotopic (exact) mass is 760 g/mol. The van der Waals surface area contributed by atoms with E-state index in [9.17, 15) is 14.4 Å². The van der Waals surface area contributed by atoms with Crippen LogP contribution in [0.3, 0.4) is 0 Å². The summed E-state index contributed by atoms with van der Waals surface area (Å²) in [6, 6.07) is 9.69. The van der Waals surface area contributed by atoms with E-state index in [4.69, 9.17) is 18.9 Å². The number of ether oxygens (including phenoxy) is 4. The number of fused-ring (bicyclic) bond motifs is 3. The number of amides is 1. The molecule has 0 spiro atoms. The minimum atomic E-state index is -0.704. The lowest BCUT2D eigenvalue weighted by Crippen LogP contribution is -2.70. The molecule has 0 N–H and O–H groups in total. The molecule has 8 heteroatoms. The third-order valence-electron chi connectivity index (χ3n) is 17.0. The number of carbonyl (C=O) groups is 2. The Bertz CT molecular complexity index is 1700. The molecule has 304 valence electrons. The van der Waals surface area contributed by atoms with Gasteiger partial charge in [-0.05, 0) is 86.0 Å². The molecule has 1 aromatic rings. The minimum absolute atomic E-state index is 0.0381. The summed E-state index contributed by atoms with van der Waals surface area (Å²) in [5.74, 6) is 3.69. The van der Waals surface area contributed by atoms with Crippen molar-refractivity contribution < 1.29 is 33.3 Å². The highest BCUT2D eigenvalue weighted by Crippen LogP contribution is 2.74. The molecule has 1 amide bonds. The molecule has 1 saturated heterocycles. The van der Waals surface area contributed by atoms with Crippen molar-refractivity contribution in [3.05, 3.63) is 53.1 Å². The summed E-state index contributed by atoms with van der Waals surface area (Å²) in [4.78, 5) is 41.2. The lowest BCUT2D eigenvalue weighted by Gasteiger charge is -2.70. The molecule has 4 fully saturated rings. The number of allylic oxidation sites excluding steroid dienone is 2. The van der Waals surface area contributed by atoms with Gasteiger partial charge in [-0.1, -0.05) is 104 Å². The van der Waals surface area contributed by atoms with Gasteiger partial charge in [0.05, 0.1) is 25.4 Å². The van der Waals surface area contributed by atoms with Crippen molar-refractivity contribution in [1.82, 2.24) is 4.90 Å². The summed E-state index contributed by atoms with van der Waals surface area (Å²) in [5.41, 5.74) is 1.29. The Morgan fingerprint density at radius 2 is 1.71 bits per heavy atom. The van der Waals surface area contributed by atoms with Crippen molar-refractivity contribution in [2.45, 2.75) is 139 Å². The Kier molecular flexibility index (Phi) is 11.2. The zero-order chi connectivity index (χ0) is 40.4. The second kappa shape index (κ2) is 14.8. The maximum atomic E-state index is 13.5. The van der Waals surface area contributed by atoms with Crippen LogP contribution in [0, 0.1) is 56.7 Å². The second-order valence-corrected chi connectivity index (χ2v) is 20.1. The quantitative estimate of drug-likeness (QED) is 0.133. The van der Waals surface area contributed by atoms with Crippen LogP contribution in [-0.4, -0.2) is 67.5 Å². The summed E-state index contributed by atoms with van der Waals surface area (Å²) in [5, 5.41) is 0. The molecule has 1 aliphatic heterocycles. The van der Waals surface area contributed by atoms with E-state index in [2.05, 4.69) is 74.3 Å². The Hall–Kier alpha value is -2.93. The first-order chi connectivity index (χ1) is 25.7. The predicted octanol–water partition coefficient (Wildman–Crippen LogP) is 9.63. The topological polar surface area (TPSA) is 91.4 Å². The van der Waals surface area contributed by atoms with Crippen molar-refractivity contribution >= 4 is 18.0 Å². The lowest BCUT2D eigenvalue weighted by atomic mass is 9.35. The van der Waals surface area contributed by atoms with Crippen molar-refractivity contribution in [1.29, 1.82) is 0 Å². The van der Waals surface area contributed by atoms with Gasteiger partial charge >= 0.3 is 12.1 Å². The molecule has 8 nitrogen and oxygen atoms in total. The number of likely N-dealkylation sites (N-methyl/N-ethyl adjacent to an activating group) is 1. The van der Waals surface area contributed by atoms with E-state index in [0.717, 1.165) is 43.2 Å². The maximum absolute atomic E-state index is 13.5. The van der Waals surface area contributed by atoms with Gasteiger partial charge in [-0.15, -0.1) is 0 Å². The minimum Gasteiger partial charge on any atom is -0.460 e. The number of esters is 1. The van der Waals surface area contributed by atoms with Gasteiger partial charge in [0.1, 0.15) is 24.8 Å². The number of carbonyl (C=O) groups excluding carboxylic acids is 3. The molecular weight excluding hydrogens is 691 g/mol. The highest BCUT2D eigenvalue weighted by Gasteiger charge is 2.71. The SMILES string of the molecule is CC(=O)O[C@@H]1C[C@@]23COC[C@](C)([C@@H]2CC[C@H]2C3=CC[C@@]3(C)C(=C=O)[C@@](C)([C@H](C)C(C)C)CC[C@]23C)[C@H]1OC[C@](C)(C(C)C)N(C)C(=O)OCc1ccccc1. The Balaban J connectivity index is 1.31. The standard InChI is InChI=1S/C47H69NO7/c1-30(2)32(5)42(7)22-23-44(9)35-18-19-38-43(8)27-52-29-47(38,36(35)20-21-45(44,10)39(42)25-49)24-37(55-33(6)50)40(43)54-28-46(11,31(3)4)48(12)41(51)53-26-34-16-14-13-15-17-34/h13-17,20,30-32,35,37-38,40H,18-19,21-24,26-29H2,1-12H3/t32-,35+,37-,38+,40+,42-,43-,44-,45+,46-,47+/m1/s1. The van der Waals surface area contributed by atoms with Gasteiger partial charge in [0, 0.05) is 41.2 Å². The average Bonchev–Trinajstić information content (AvgIpc) is 3.13. The Morgan fingerprint density at radius 3 is 2.33 bits per heavy atom. The summed E-state index contributed by atoms with van der Waals surface area (Å²) in [7, 11) is 1.78. The van der Waals surface area contributed by atoms with Gasteiger partial charge in [0.25, 0.3) is 0 Å². The number of hydrogen-bond acceptors (Lipinski definition) is 7. The van der Waals surface area contributed by atoms with E-state index in [1.807, 2.05) is 37.3 Å². The normalized spacial score (nSPS) is 38.4. The van der Waals surface area contributed by atoms with Crippen LogP contribution in [0.15, 0.2) is 47.6 Å². The second-order valence-electron chi connectivity index (χ2n) is 20.1. The lowest BCUT2D eigenvalue weighted by molar-refractivity contribution is -0.268. The maximum Gasteiger partial charge on any atom is 0.410 e. The summed E-state index contributed by atoms with van der Waals surface area (Å²) in [6.07, 6.45) is 6.65. The zero-order valence-electron chi connectivity index (χ0n) is 35.9. The average molecular weight is 760 g/mol. The van der Waals surface area contributed by atoms with Crippen LogP contribution in [0.1, 0.15) is 120 Å². The zero-order valence-corrected chi connectivity index (χ0v) is 35.9. The summed E-state index contributed by atoms with van der Waals surface area (Å²) < 4.78 is 25.8. The van der Waals surface area contributed by atoms with E-state index in [-0.39, 0.29) is 58.6 Å². The van der Waals surface area contributed by atoms with Gasteiger partial charge in [-0.25, -0.2) is 9.59 Å².